The summed E-state index contributed by atoms with van der Waals surface area (Å²) >= 11 is 11.9. The van der Waals surface area contributed by atoms with E-state index in [1.165, 1.54) is 7.11 Å². The molecule has 0 bridgehead atoms. The number of benzene rings is 1. The van der Waals surface area contributed by atoms with E-state index in [2.05, 4.69) is 15.5 Å². The van der Waals surface area contributed by atoms with Gasteiger partial charge in [-0.15, -0.1) is 0 Å². The lowest BCUT2D eigenvalue weighted by Crippen LogP contribution is -2.45. The number of carbonyl (C=O) groups is 1. The van der Waals surface area contributed by atoms with Gasteiger partial charge in [0.05, 0.1) is 13.2 Å². The molecule has 0 radical (unpaired) electrons. The SMILES string of the molecule is COCc1nc(C2COCCN2C(=O)Nc2cc(Cl)cc(Cl)c2)no1. The second-order valence-electron chi connectivity index (χ2n) is 5.35. The number of methoxy groups -OCH3 is 1. The number of carbonyl (C=O) groups excluding carboxylic acids is 1. The lowest BCUT2D eigenvalue weighted by Gasteiger charge is -2.33. The lowest BCUT2D eigenvalue weighted by molar-refractivity contribution is 0.0110. The smallest absolute Gasteiger partial charge is 0.322 e. The van der Waals surface area contributed by atoms with Crippen molar-refractivity contribution in [2.45, 2.75) is 12.6 Å². The Labute approximate surface area is 154 Å². The summed E-state index contributed by atoms with van der Waals surface area (Å²) in [6.07, 6.45) is 0. The number of halogens is 2. The molecule has 0 aliphatic carbocycles. The molecule has 25 heavy (non-hydrogen) atoms. The van der Waals surface area contributed by atoms with Crippen LogP contribution in [0.5, 0.6) is 0 Å². The molecule has 3 rings (SSSR count). The molecule has 1 unspecified atom stereocenters. The van der Waals surface area contributed by atoms with Gasteiger partial charge in [0.2, 0.25) is 0 Å². The molecule has 1 saturated heterocycles. The van der Waals surface area contributed by atoms with Crippen LogP contribution in [0.2, 0.25) is 10.0 Å². The summed E-state index contributed by atoms with van der Waals surface area (Å²) in [7, 11) is 1.53. The molecule has 1 aliphatic heterocycles. The van der Waals surface area contributed by atoms with Gasteiger partial charge in [0.25, 0.3) is 5.89 Å². The summed E-state index contributed by atoms with van der Waals surface area (Å²) in [5, 5.41) is 7.56. The van der Waals surface area contributed by atoms with Crippen molar-refractivity contribution in [3.8, 4) is 0 Å². The number of morpholine rings is 1. The zero-order chi connectivity index (χ0) is 17.8. The lowest BCUT2D eigenvalue weighted by atomic mass is 10.2. The molecule has 134 valence electrons. The van der Waals surface area contributed by atoms with Crippen LogP contribution < -0.4 is 5.32 Å². The Morgan fingerprint density at radius 2 is 2.16 bits per heavy atom. The van der Waals surface area contributed by atoms with Crippen LogP contribution in [0.1, 0.15) is 17.8 Å². The Bertz CT molecular complexity index is 735. The number of rotatable bonds is 4. The third kappa shape index (κ3) is 4.40. The first-order chi connectivity index (χ1) is 12.1. The number of urea groups is 1. The summed E-state index contributed by atoms with van der Waals surface area (Å²) in [5.74, 6) is 0.705. The number of hydrogen-bond acceptors (Lipinski definition) is 6. The number of nitrogens with zero attached hydrogens (tertiary/aromatic N) is 3. The van der Waals surface area contributed by atoms with E-state index < -0.39 is 6.04 Å². The second kappa shape index (κ2) is 8.01. The number of aromatic nitrogens is 2. The summed E-state index contributed by atoms with van der Waals surface area (Å²) in [6, 6.07) is 4.03. The minimum atomic E-state index is -0.460. The molecule has 0 spiro atoms. The van der Waals surface area contributed by atoms with Gasteiger partial charge in [0, 0.05) is 29.4 Å². The molecule has 0 saturated carbocycles. The molecule has 1 N–H and O–H groups in total. The molecular weight excluding hydrogens is 371 g/mol. The fourth-order valence-corrected chi connectivity index (χ4v) is 2.99. The standard InChI is InChI=1S/C15H16Cl2N4O4/c1-23-8-13-19-14(20-25-13)12-7-24-3-2-21(12)15(22)18-11-5-9(16)4-10(17)6-11/h4-6,12H,2-3,7-8H2,1H3,(H,18,22). The predicted octanol–water partition coefficient (Wildman–Crippen LogP) is 3.13. The maximum absolute atomic E-state index is 12.7. The van der Waals surface area contributed by atoms with E-state index in [0.29, 0.717) is 40.6 Å². The molecule has 1 aliphatic rings. The molecule has 1 aromatic carbocycles. The zero-order valence-electron chi connectivity index (χ0n) is 13.4. The van der Waals surface area contributed by atoms with Gasteiger partial charge in [-0.25, -0.2) is 4.79 Å². The average Bonchev–Trinajstić information content (AvgIpc) is 3.03. The largest absolute Gasteiger partial charge is 0.377 e. The maximum atomic E-state index is 12.7. The van der Waals surface area contributed by atoms with Gasteiger partial charge >= 0.3 is 6.03 Å². The highest BCUT2D eigenvalue weighted by Gasteiger charge is 2.32. The highest BCUT2D eigenvalue weighted by Crippen LogP contribution is 2.26. The minimum absolute atomic E-state index is 0.202. The van der Waals surface area contributed by atoms with Crippen LogP contribution in [-0.4, -0.2) is 47.9 Å². The Morgan fingerprint density at radius 3 is 2.88 bits per heavy atom. The van der Waals surface area contributed by atoms with E-state index >= 15 is 0 Å². The topological polar surface area (TPSA) is 89.7 Å². The first-order valence-corrected chi connectivity index (χ1v) is 8.25. The van der Waals surface area contributed by atoms with Crippen LogP contribution in [0, 0.1) is 0 Å². The van der Waals surface area contributed by atoms with E-state index in [0.717, 1.165) is 0 Å². The van der Waals surface area contributed by atoms with Crippen LogP contribution in [0.25, 0.3) is 0 Å². The summed E-state index contributed by atoms with van der Waals surface area (Å²) in [4.78, 5) is 18.5. The summed E-state index contributed by atoms with van der Waals surface area (Å²) in [5.41, 5.74) is 0.501. The number of hydrogen-bond donors (Lipinski definition) is 1. The van der Waals surface area contributed by atoms with E-state index in [4.69, 9.17) is 37.2 Å². The monoisotopic (exact) mass is 386 g/mol. The highest BCUT2D eigenvalue weighted by molar-refractivity contribution is 6.35. The van der Waals surface area contributed by atoms with Gasteiger partial charge < -0.3 is 24.2 Å². The van der Waals surface area contributed by atoms with Gasteiger partial charge in [-0.2, -0.15) is 4.98 Å². The molecule has 2 heterocycles. The van der Waals surface area contributed by atoms with Crippen molar-refractivity contribution in [1.29, 1.82) is 0 Å². The van der Waals surface area contributed by atoms with Crippen LogP contribution in [-0.2, 0) is 16.1 Å². The van der Waals surface area contributed by atoms with Crippen LogP contribution in [0.15, 0.2) is 22.7 Å². The van der Waals surface area contributed by atoms with Gasteiger partial charge in [0.1, 0.15) is 12.6 Å². The van der Waals surface area contributed by atoms with E-state index in [-0.39, 0.29) is 19.2 Å². The molecular formula is C15H16Cl2N4O4. The fraction of sp³-hybridized carbons (Fsp3) is 0.400. The van der Waals surface area contributed by atoms with Crippen molar-refractivity contribution >= 4 is 34.9 Å². The molecule has 1 atom stereocenters. The van der Waals surface area contributed by atoms with Crippen molar-refractivity contribution in [3.63, 3.8) is 0 Å². The van der Waals surface area contributed by atoms with Crippen molar-refractivity contribution in [2.75, 3.05) is 32.2 Å². The fourth-order valence-electron chi connectivity index (χ4n) is 2.47. The van der Waals surface area contributed by atoms with Crippen LogP contribution in [0.3, 0.4) is 0 Å². The molecule has 2 amide bonds. The van der Waals surface area contributed by atoms with E-state index in [9.17, 15) is 4.79 Å². The van der Waals surface area contributed by atoms with Crippen LogP contribution in [0.4, 0.5) is 10.5 Å². The molecule has 2 aromatic rings. The normalized spacial score (nSPS) is 17.6. The summed E-state index contributed by atoms with van der Waals surface area (Å²) in [6.45, 7) is 1.28. The molecule has 1 fully saturated rings. The summed E-state index contributed by atoms with van der Waals surface area (Å²) < 4.78 is 15.5. The van der Waals surface area contributed by atoms with Gasteiger partial charge in [0.15, 0.2) is 5.82 Å². The van der Waals surface area contributed by atoms with E-state index in [1.54, 1.807) is 23.1 Å². The van der Waals surface area contributed by atoms with Gasteiger partial charge in [-0.05, 0) is 18.2 Å². The Kier molecular flexibility index (Phi) is 5.74. The predicted molar refractivity (Wildman–Crippen MR) is 90.8 cm³/mol. The van der Waals surface area contributed by atoms with Crippen molar-refractivity contribution in [3.05, 3.63) is 40.0 Å². The van der Waals surface area contributed by atoms with Crippen molar-refractivity contribution in [1.82, 2.24) is 15.0 Å². The van der Waals surface area contributed by atoms with Crippen molar-refractivity contribution < 1.29 is 18.8 Å². The number of ether oxygens (including phenoxy) is 2. The minimum Gasteiger partial charge on any atom is -0.377 e. The Hall–Kier alpha value is -1.87. The van der Waals surface area contributed by atoms with Crippen molar-refractivity contribution in [2.24, 2.45) is 0 Å². The first-order valence-electron chi connectivity index (χ1n) is 7.49. The quantitative estimate of drug-likeness (QED) is 0.867. The third-order valence-corrected chi connectivity index (χ3v) is 3.99. The molecule has 1 aromatic heterocycles. The zero-order valence-corrected chi connectivity index (χ0v) is 14.9. The maximum Gasteiger partial charge on any atom is 0.322 e. The van der Waals surface area contributed by atoms with Gasteiger partial charge in [-0.3, -0.25) is 0 Å². The molecule has 10 heteroatoms. The molecule has 8 nitrogen and oxygen atoms in total. The number of amides is 2. The Balaban J connectivity index is 1.76. The first kappa shape index (κ1) is 17.9. The van der Waals surface area contributed by atoms with Gasteiger partial charge in [-0.1, -0.05) is 28.4 Å². The second-order valence-corrected chi connectivity index (χ2v) is 6.22. The van der Waals surface area contributed by atoms with Crippen LogP contribution >= 0.6 is 23.2 Å². The number of nitrogens with one attached hydrogen (secondary N) is 1. The number of anilines is 1. The third-order valence-electron chi connectivity index (χ3n) is 3.55. The van der Waals surface area contributed by atoms with E-state index in [1.807, 2.05) is 0 Å². The highest BCUT2D eigenvalue weighted by atomic mass is 35.5. The average molecular weight is 387 g/mol. The Morgan fingerprint density at radius 1 is 1.40 bits per heavy atom.